The summed E-state index contributed by atoms with van der Waals surface area (Å²) in [5, 5.41) is 14.8. The van der Waals surface area contributed by atoms with E-state index < -0.39 is 0 Å². The van der Waals surface area contributed by atoms with E-state index in [0.717, 1.165) is 17.4 Å². The van der Waals surface area contributed by atoms with Crippen LogP contribution in [0.4, 0.5) is 5.69 Å². The summed E-state index contributed by atoms with van der Waals surface area (Å²) < 4.78 is 0.883. The molecule has 0 amide bonds. The van der Waals surface area contributed by atoms with Crippen LogP contribution in [0.3, 0.4) is 0 Å². The van der Waals surface area contributed by atoms with Crippen molar-refractivity contribution >= 4 is 47.3 Å². The fourth-order valence-electron chi connectivity index (χ4n) is 1.42. The molecule has 6 heteroatoms. The van der Waals surface area contributed by atoms with Crippen molar-refractivity contribution in [2.75, 3.05) is 39.5 Å². The summed E-state index contributed by atoms with van der Waals surface area (Å²) in [6.07, 6.45) is 0.900. The summed E-state index contributed by atoms with van der Waals surface area (Å²) in [4.78, 5) is 3.95. The molecule has 0 aromatic heterocycles. The summed E-state index contributed by atoms with van der Waals surface area (Å²) in [5.41, 5.74) is 0.708. The standard InChI is InChI=1S/C13H20ClN3O.HI/c1-17(2,3)10-4-9-15-13(18)16-12-7-5-11(14)6-8-12;/h5-8H,4,9-10H2,1-3H3,(H-,15,16,18);1H. The van der Waals surface area contributed by atoms with Gasteiger partial charge in [0.2, 0.25) is 0 Å². The molecule has 0 bridgehead atoms. The van der Waals surface area contributed by atoms with Crippen molar-refractivity contribution < 1.29 is 9.59 Å². The number of halogens is 2. The number of anilines is 1. The van der Waals surface area contributed by atoms with Crippen LogP contribution in [0.25, 0.3) is 0 Å². The zero-order valence-electron chi connectivity index (χ0n) is 11.5. The molecule has 0 fully saturated rings. The van der Waals surface area contributed by atoms with E-state index in [2.05, 4.69) is 31.5 Å². The molecule has 0 aliphatic heterocycles. The van der Waals surface area contributed by atoms with Gasteiger partial charge in [0.05, 0.1) is 33.7 Å². The zero-order chi connectivity index (χ0) is 13.6. The normalized spacial score (nSPS) is 11.9. The number of hydrogen-bond acceptors (Lipinski definition) is 2. The lowest BCUT2D eigenvalue weighted by Crippen LogP contribution is -2.35. The van der Waals surface area contributed by atoms with Gasteiger partial charge in [-0.2, -0.15) is 0 Å². The summed E-state index contributed by atoms with van der Waals surface area (Å²) >= 11 is 5.76. The van der Waals surface area contributed by atoms with E-state index in [4.69, 9.17) is 11.6 Å². The van der Waals surface area contributed by atoms with Gasteiger partial charge in [-0.25, -0.2) is 0 Å². The molecular weight excluding hydrogens is 377 g/mol. The van der Waals surface area contributed by atoms with Gasteiger partial charge in [-0.05, 0) is 24.3 Å². The van der Waals surface area contributed by atoms with Gasteiger partial charge in [0.1, 0.15) is 0 Å². The van der Waals surface area contributed by atoms with Crippen molar-refractivity contribution in [3.63, 3.8) is 0 Å². The molecule has 1 aromatic rings. The Morgan fingerprint density at radius 3 is 2.37 bits per heavy atom. The van der Waals surface area contributed by atoms with Crippen LogP contribution in [0, 0.1) is 0 Å². The van der Waals surface area contributed by atoms with E-state index >= 15 is 0 Å². The van der Waals surface area contributed by atoms with Crippen molar-refractivity contribution in [2.24, 2.45) is 4.99 Å². The molecule has 108 valence electrons. The third-order valence-electron chi connectivity index (χ3n) is 2.34. The van der Waals surface area contributed by atoms with Crippen molar-refractivity contribution in [2.45, 2.75) is 6.42 Å². The van der Waals surface area contributed by atoms with Crippen LogP contribution in [-0.2, 0) is 0 Å². The molecule has 1 N–H and O–H groups in total. The molecule has 0 radical (unpaired) electrons. The highest BCUT2D eigenvalue weighted by Crippen LogP contribution is 2.12. The second kappa shape index (κ2) is 8.60. The first-order chi connectivity index (χ1) is 8.37. The zero-order valence-corrected chi connectivity index (χ0v) is 14.6. The van der Waals surface area contributed by atoms with Gasteiger partial charge in [-0.1, -0.05) is 11.6 Å². The SMILES string of the molecule is C[N+](C)(C)CCCN=C([O-])Nc1ccc(Cl)cc1.I. The van der Waals surface area contributed by atoms with Crippen LogP contribution in [-0.4, -0.2) is 44.7 Å². The number of nitrogens with one attached hydrogen (secondary N) is 1. The van der Waals surface area contributed by atoms with E-state index in [-0.39, 0.29) is 30.0 Å². The highest BCUT2D eigenvalue weighted by Gasteiger charge is 2.04. The third kappa shape index (κ3) is 9.07. The maximum atomic E-state index is 11.5. The molecule has 0 unspecified atom stereocenters. The van der Waals surface area contributed by atoms with Gasteiger partial charge in [0, 0.05) is 23.7 Å². The minimum atomic E-state index is -0.307. The Morgan fingerprint density at radius 1 is 1.26 bits per heavy atom. The molecule has 0 atom stereocenters. The van der Waals surface area contributed by atoms with E-state index in [1.54, 1.807) is 24.3 Å². The van der Waals surface area contributed by atoms with E-state index in [1.807, 2.05) is 0 Å². The summed E-state index contributed by atoms with van der Waals surface area (Å²) in [6.45, 7) is 1.55. The number of amidine groups is 1. The maximum absolute atomic E-state index is 11.5. The van der Waals surface area contributed by atoms with Gasteiger partial charge >= 0.3 is 0 Å². The van der Waals surface area contributed by atoms with Crippen molar-refractivity contribution in [3.05, 3.63) is 29.3 Å². The van der Waals surface area contributed by atoms with Crippen LogP contribution in [0.2, 0.25) is 5.02 Å². The monoisotopic (exact) mass is 397 g/mol. The summed E-state index contributed by atoms with van der Waals surface area (Å²) in [7, 11) is 6.36. The molecule has 0 saturated carbocycles. The van der Waals surface area contributed by atoms with Crippen LogP contribution >= 0.6 is 35.6 Å². The Morgan fingerprint density at radius 2 is 1.84 bits per heavy atom. The molecule has 4 nitrogen and oxygen atoms in total. The number of quaternary nitrogens is 1. The third-order valence-corrected chi connectivity index (χ3v) is 2.59. The van der Waals surface area contributed by atoms with Gasteiger partial charge in [0.15, 0.2) is 0 Å². The van der Waals surface area contributed by atoms with Crippen molar-refractivity contribution in [1.82, 2.24) is 0 Å². The Hall–Kier alpha value is -0.530. The lowest BCUT2D eigenvalue weighted by atomic mass is 10.3. The first-order valence-corrected chi connectivity index (χ1v) is 6.29. The summed E-state index contributed by atoms with van der Waals surface area (Å²) in [6, 6.07) is 6.66. The highest BCUT2D eigenvalue weighted by molar-refractivity contribution is 14.0. The summed E-state index contributed by atoms with van der Waals surface area (Å²) in [5.74, 6) is 0. The van der Waals surface area contributed by atoms with Crippen LogP contribution in [0.1, 0.15) is 6.42 Å². The Bertz CT molecular complexity index is 401. The van der Waals surface area contributed by atoms with Crippen molar-refractivity contribution in [1.29, 1.82) is 0 Å². The first-order valence-electron chi connectivity index (χ1n) is 5.91. The Kier molecular flexibility index (Phi) is 8.36. The highest BCUT2D eigenvalue weighted by atomic mass is 127. The molecule has 0 heterocycles. The number of nitrogens with zero attached hydrogens (tertiary/aromatic N) is 2. The number of benzene rings is 1. The van der Waals surface area contributed by atoms with E-state index in [1.165, 1.54) is 0 Å². The molecule has 1 rings (SSSR count). The molecular formula is C13H21ClIN3O. The minimum Gasteiger partial charge on any atom is -0.846 e. The Balaban J connectivity index is 0.00000324. The largest absolute Gasteiger partial charge is 0.846 e. The minimum absolute atomic E-state index is 0. The van der Waals surface area contributed by atoms with E-state index in [9.17, 15) is 5.11 Å². The molecule has 0 aliphatic rings. The fraction of sp³-hybridized carbons (Fsp3) is 0.462. The number of hydrogen-bond donors (Lipinski definition) is 1. The molecule has 19 heavy (non-hydrogen) atoms. The fourth-order valence-corrected chi connectivity index (χ4v) is 1.55. The van der Waals surface area contributed by atoms with Crippen LogP contribution in [0.15, 0.2) is 29.3 Å². The predicted molar refractivity (Wildman–Crippen MR) is 90.3 cm³/mol. The second-order valence-electron chi connectivity index (χ2n) is 5.19. The second-order valence-corrected chi connectivity index (χ2v) is 5.62. The van der Waals surface area contributed by atoms with Gasteiger partial charge in [-0.15, -0.1) is 24.0 Å². The number of rotatable bonds is 5. The van der Waals surface area contributed by atoms with Crippen LogP contribution < -0.4 is 10.4 Å². The van der Waals surface area contributed by atoms with Gasteiger partial charge < -0.3 is 14.9 Å². The van der Waals surface area contributed by atoms with Crippen LogP contribution in [0.5, 0.6) is 0 Å². The van der Waals surface area contributed by atoms with Crippen molar-refractivity contribution in [3.8, 4) is 0 Å². The number of aliphatic imine (C=N–C) groups is 1. The predicted octanol–water partition coefficient (Wildman–Crippen LogP) is 2.18. The lowest BCUT2D eigenvalue weighted by molar-refractivity contribution is -0.870. The smallest absolute Gasteiger partial charge is 0.0798 e. The first kappa shape index (κ1) is 18.5. The quantitative estimate of drug-likeness (QED) is 0.272. The molecule has 1 aromatic carbocycles. The molecule has 0 aliphatic carbocycles. The average molecular weight is 398 g/mol. The van der Waals surface area contributed by atoms with Gasteiger partial charge in [-0.3, -0.25) is 4.99 Å². The average Bonchev–Trinajstić information content (AvgIpc) is 2.26. The molecule has 0 spiro atoms. The maximum Gasteiger partial charge on any atom is 0.0798 e. The lowest BCUT2D eigenvalue weighted by Gasteiger charge is -2.23. The molecule has 0 saturated heterocycles. The Labute approximate surface area is 137 Å². The van der Waals surface area contributed by atoms with Gasteiger partial charge in [0.25, 0.3) is 0 Å². The van der Waals surface area contributed by atoms with E-state index in [0.29, 0.717) is 17.3 Å². The topological polar surface area (TPSA) is 47.5 Å².